The highest BCUT2D eigenvalue weighted by Crippen LogP contribution is 2.18. The number of rotatable bonds is 3. The second-order valence-corrected chi connectivity index (χ2v) is 3.59. The van der Waals surface area contributed by atoms with Gasteiger partial charge in [0, 0.05) is 0 Å². The van der Waals surface area contributed by atoms with Crippen LogP contribution in [0.5, 0.6) is 0 Å². The van der Waals surface area contributed by atoms with Gasteiger partial charge in [0.1, 0.15) is 5.76 Å². The molecule has 0 aromatic heterocycles. The highest BCUT2D eigenvalue weighted by Gasteiger charge is 2.24. The highest BCUT2D eigenvalue weighted by atomic mass is 35.5. The number of hydrogen-bond acceptors (Lipinski definition) is 3. The van der Waals surface area contributed by atoms with E-state index in [9.17, 15) is 4.79 Å². The van der Waals surface area contributed by atoms with Crippen LogP contribution in [0.2, 0.25) is 0 Å². The Bertz CT molecular complexity index is 261. The van der Waals surface area contributed by atoms with Crippen molar-refractivity contribution >= 4 is 17.5 Å². The lowest BCUT2D eigenvalue weighted by Gasteiger charge is -2.15. The van der Waals surface area contributed by atoms with E-state index in [-0.39, 0.29) is 0 Å². The molecule has 0 saturated heterocycles. The van der Waals surface area contributed by atoms with E-state index in [4.69, 9.17) is 16.3 Å². The third kappa shape index (κ3) is 2.81. The van der Waals surface area contributed by atoms with Crippen molar-refractivity contribution < 1.29 is 9.53 Å². The fourth-order valence-corrected chi connectivity index (χ4v) is 0.917. The summed E-state index contributed by atoms with van der Waals surface area (Å²) in [6.07, 6.45) is 1.38. The number of carbonyl (C=O) groups is 1. The standard InChI is InChI=1S/C8H11ClN2O2/c1-5(2)4-13-6-3-10-11-8(12)7(6)9/h3,5,7H,4H2,1-2H3. The van der Waals surface area contributed by atoms with Crippen LogP contribution in [-0.2, 0) is 9.53 Å². The lowest BCUT2D eigenvalue weighted by atomic mass is 10.2. The molecule has 0 saturated carbocycles. The van der Waals surface area contributed by atoms with Gasteiger partial charge in [-0.25, -0.2) is 0 Å². The van der Waals surface area contributed by atoms with Crippen molar-refractivity contribution in [3.63, 3.8) is 0 Å². The molecule has 72 valence electrons. The molecular formula is C8H11ClN2O2. The quantitative estimate of drug-likeness (QED) is 0.658. The fraction of sp³-hybridized carbons (Fsp3) is 0.625. The van der Waals surface area contributed by atoms with Gasteiger partial charge in [-0.1, -0.05) is 13.8 Å². The molecule has 0 aromatic rings. The number of amides is 1. The Balaban J connectivity index is 2.54. The second kappa shape index (κ2) is 4.37. The van der Waals surface area contributed by atoms with Crippen LogP contribution in [0.1, 0.15) is 13.8 Å². The van der Waals surface area contributed by atoms with Gasteiger partial charge in [-0.05, 0) is 5.92 Å². The summed E-state index contributed by atoms with van der Waals surface area (Å²) in [5, 5.41) is 5.95. The third-order valence-electron chi connectivity index (χ3n) is 1.39. The van der Waals surface area contributed by atoms with Crippen LogP contribution in [0.4, 0.5) is 0 Å². The zero-order valence-electron chi connectivity index (χ0n) is 7.53. The van der Waals surface area contributed by atoms with E-state index in [1.165, 1.54) is 6.20 Å². The zero-order valence-corrected chi connectivity index (χ0v) is 8.28. The molecule has 13 heavy (non-hydrogen) atoms. The van der Waals surface area contributed by atoms with Gasteiger partial charge in [-0.15, -0.1) is 16.7 Å². The molecule has 0 N–H and O–H groups in total. The van der Waals surface area contributed by atoms with E-state index in [1.807, 2.05) is 13.8 Å². The summed E-state index contributed by atoms with van der Waals surface area (Å²) in [6, 6.07) is 0. The fourth-order valence-electron chi connectivity index (χ4n) is 0.754. The minimum absolute atomic E-state index is 0.385. The van der Waals surface area contributed by atoms with Gasteiger partial charge in [-0.3, -0.25) is 4.79 Å². The van der Waals surface area contributed by atoms with Crippen molar-refractivity contribution in [2.24, 2.45) is 16.1 Å². The Kier molecular flexibility index (Phi) is 3.42. The van der Waals surface area contributed by atoms with Gasteiger partial charge in [0.25, 0.3) is 5.91 Å². The van der Waals surface area contributed by atoms with Crippen LogP contribution < -0.4 is 0 Å². The summed E-state index contributed by atoms with van der Waals surface area (Å²) in [4.78, 5) is 10.9. The summed E-state index contributed by atoms with van der Waals surface area (Å²) in [5.74, 6) is 0.303. The molecule has 4 nitrogen and oxygen atoms in total. The minimum Gasteiger partial charge on any atom is -0.494 e. The molecule has 0 aromatic carbocycles. The average molecular weight is 203 g/mol. The van der Waals surface area contributed by atoms with Crippen LogP contribution in [0.25, 0.3) is 0 Å². The molecule has 0 fully saturated rings. The number of carbonyl (C=O) groups excluding carboxylic acids is 1. The SMILES string of the molecule is CC(C)COC1=CN=NC(=O)C1Cl. The number of nitrogens with zero attached hydrogens (tertiary/aromatic N) is 2. The third-order valence-corrected chi connectivity index (χ3v) is 1.79. The number of alkyl halides is 1. The Hall–Kier alpha value is -0.900. The van der Waals surface area contributed by atoms with Crippen LogP contribution in [0.3, 0.4) is 0 Å². The topological polar surface area (TPSA) is 51.0 Å². The number of ether oxygens (including phenoxy) is 1. The van der Waals surface area contributed by atoms with Gasteiger partial charge in [0.15, 0.2) is 5.38 Å². The van der Waals surface area contributed by atoms with Gasteiger partial charge in [0.05, 0.1) is 12.8 Å². The van der Waals surface area contributed by atoms with Crippen LogP contribution >= 0.6 is 11.6 Å². The first-order valence-corrected chi connectivity index (χ1v) is 4.46. The van der Waals surface area contributed by atoms with Crippen molar-refractivity contribution in [1.29, 1.82) is 0 Å². The lowest BCUT2D eigenvalue weighted by Crippen LogP contribution is -2.20. The van der Waals surface area contributed by atoms with E-state index in [1.54, 1.807) is 0 Å². The molecule has 1 unspecified atom stereocenters. The number of azo groups is 1. The van der Waals surface area contributed by atoms with Gasteiger partial charge >= 0.3 is 0 Å². The first kappa shape index (κ1) is 10.2. The summed E-state index contributed by atoms with van der Waals surface area (Å²) in [5.41, 5.74) is 0. The molecule has 1 aliphatic rings. The Morgan fingerprint density at radius 3 is 3.00 bits per heavy atom. The molecule has 1 heterocycles. The first-order chi connectivity index (χ1) is 6.11. The largest absolute Gasteiger partial charge is 0.494 e. The maximum absolute atomic E-state index is 10.9. The monoisotopic (exact) mass is 202 g/mol. The first-order valence-electron chi connectivity index (χ1n) is 4.03. The predicted molar refractivity (Wildman–Crippen MR) is 48.4 cm³/mol. The van der Waals surface area contributed by atoms with Crippen molar-refractivity contribution in [2.75, 3.05) is 6.61 Å². The lowest BCUT2D eigenvalue weighted by molar-refractivity contribution is -0.118. The molecule has 1 atom stereocenters. The smallest absolute Gasteiger partial charge is 0.290 e. The summed E-state index contributed by atoms with van der Waals surface area (Å²) in [6.45, 7) is 4.55. The summed E-state index contributed by atoms with van der Waals surface area (Å²) >= 11 is 5.72. The van der Waals surface area contributed by atoms with Crippen molar-refractivity contribution in [2.45, 2.75) is 19.2 Å². The maximum atomic E-state index is 10.9. The molecule has 1 amide bonds. The zero-order chi connectivity index (χ0) is 9.84. The molecule has 0 bridgehead atoms. The van der Waals surface area contributed by atoms with Crippen LogP contribution in [-0.4, -0.2) is 17.9 Å². The van der Waals surface area contributed by atoms with Crippen LogP contribution in [0, 0.1) is 5.92 Å². The minimum atomic E-state index is -0.809. The van der Waals surface area contributed by atoms with Crippen molar-refractivity contribution in [3.8, 4) is 0 Å². The van der Waals surface area contributed by atoms with Gasteiger partial charge in [-0.2, -0.15) is 5.11 Å². The van der Waals surface area contributed by atoms with E-state index < -0.39 is 11.3 Å². The Morgan fingerprint density at radius 1 is 1.69 bits per heavy atom. The summed E-state index contributed by atoms with van der Waals surface area (Å²) in [7, 11) is 0. The maximum Gasteiger partial charge on any atom is 0.290 e. The Labute approximate surface area is 81.6 Å². The number of hydrogen-bond donors (Lipinski definition) is 0. The van der Waals surface area contributed by atoms with E-state index in [0.29, 0.717) is 18.3 Å². The van der Waals surface area contributed by atoms with E-state index in [2.05, 4.69) is 10.2 Å². The van der Waals surface area contributed by atoms with Crippen LogP contribution in [0.15, 0.2) is 22.2 Å². The van der Waals surface area contributed by atoms with E-state index in [0.717, 1.165) is 0 Å². The summed E-state index contributed by atoms with van der Waals surface area (Å²) < 4.78 is 5.28. The number of halogens is 1. The Morgan fingerprint density at radius 2 is 2.38 bits per heavy atom. The van der Waals surface area contributed by atoms with Crippen molar-refractivity contribution in [1.82, 2.24) is 0 Å². The molecular weight excluding hydrogens is 192 g/mol. The molecule has 0 radical (unpaired) electrons. The van der Waals surface area contributed by atoms with Gasteiger partial charge in [0.2, 0.25) is 0 Å². The van der Waals surface area contributed by atoms with E-state index >= 15 is 0 Å². The van der Waals surface area contributed by atoms with Gasteiger partial charge < -0.3 is 4.74 Å². The molecule has 0 spiro atoms. The average Bonchev–Trinajstić information content (AvgIpc) is 2.07. The second-order valence-electron chi connectivity index (χ2n) is 3.15. The normalized spacial score (nSPS) is 22.0. The molecule has 0 aliphatic carbocycles. The predicted octanol–water partition coefficient (Wildman–Crippen LogP) is 2.10. The highest BCUT2D eigenvalue weighted by molar-refractivity contribution is 6.32. The molecule has 1 aliphatic heterocycles. The molecule has 1 rings (SSSR count). The molecule has 5 heteroatoms. The van der Waals surface area contributed by atoms with Crippen molar-refractivity contribution in [3.05, 3.63) is 12.0 Å².